The average molecular weight is 376 g/mol. The molecule has 1 saturated carbocycles. The van der Waals surface area contributed by atoms with Crippen LogP contribution in [0.15, 0.2) is 0 Å². The molecule has 0 radical (unpaired) electrons. The predicted molar refractivity (Wildman–Crippen MR) is 95.4 cm³/mol. The first-order chi connectivity index (χ1) is 11.4. The number of ether oxygens (including phenoxy) is 2. The second-order valence-corrected chi connectivity index (χ2v) is 7.63. The van der Waals surface area contributed by atoms with Gasteiger partial charge in [-0.25, -0.2) is 0 Å². The molecule has 0 aromatic carbocycles. The third-order valence-electron chi connectivity index (χ3n) is 6.05. The molecule has 3 atom stereocenters. The van der Waals surface area contributed by atoms with Gasteiger partial charge in [0.1, 0.15) is 5.54 Å². The molecule has 144 valence electrons. The van der Waals surface area contributed by atoms with Gasteiger partial charge in [0.05, 0.1) is 19.3 Å². The molecule has 7 nitrogen and oxygen atoms in total. The van der Waals surface area contributed by atoms with Crippen LogP contribution in [-0.2, 0) is 19.1 Å². The highest BCUT2D eigenvalue weighted by molar-refractivity contribution is 5.90. The van der Waals surface area contributed by atoms with Crippen molar-refractivity contribution in [2.24, 2.45) is 17.1 Å². The van der Waals surface area contributed by atoms with Gasteiger partial charge in [-0.15, -0.1) is 12.4 Å². The minimum absolute atomic E-state index is 0. The summed E-state index contributed by atoms with van der Waals surface area (Å²) in [6, 6.07) is 0. The van der Waals surface area contributed by atoms with Crippen molar-refractivity contribution in [2.75, 3.05) is 39.5 Å². The third-order valence-corrected chi connectivity index (χ3v) is 6.05. The van der Waals surface area contributed by atoms with Crippen LogP contribution in [0.1, 0.15) is 33.1 Å². The van der Waals surface area contributed by atoms with E-state index >= 15 is 0 Å². The van der Waals surface area contributed by atoms with Crippen molar-refractivity contribution in [2.45, 2.75) is 44.8 Å². The first kappa shape index (κ1) is 20.4. The van der Waals surface area contributed by atoms with Crippen LogP contribution in [0.4, 0.5) is 0 Å². The standard InChI is InChI=1S/C17H29N3O4.ClH/c1-16(2)14-12(4-3-9-24-14)17(16,18)15(22)19-6-5-13(21)20-7-10-23-11-8-20;/h12,14H,3-11,18H2,1-2H3,(H,19,22);1H. The number of nitrogens with zero attached hydrogens (tertiary/aromatic N) is 1. The van der Waals surface area contributed by atoms with Crippen LogP contribution in [0.3, 0.4) is 0 Å². The van der Waals surface area contributed by atoms with Crippen LogP contribution in [0.2, 0.25) is 0 Å². The molecule has 3 aliphatic rings. The van der Waals surface area contributed by atoms with E-state index in [1.807, 2.05) is 13.8 Å². The molecular formula is C17H30ClN3O4. The van der Waals surface area contributed by atoms with Gasteiger partial charge in [0.25, 0.3) is 0 Å². The van der Waals surface area contributed by atoms with Gasteiger partial charge < -0.3 is 25.4 Å². The van der Waals surface area contributed by atoms with Gasteiger partial charge in [-0.05, 0) is 12.8 Å². The van der Waals surface area contributed by atoms with E-state index in [1.165, 1.54) is 0 Å². The number of amides is 2. The number of nitrogens with two attached hydrogens (primary N) is 1. The van der Waals surface area contributed by atoms with E-state index in [2.05, 4.69) is 5.32 Å². The smallest absolute Gasteiger partial charge is 0.241 e. The molecule has 3 fully saturated rings. The van der Waals surface area contributed by atoms with Crippen molar-refractivity contribution in [3.8, 4) is 0 Å². The zero-order chi connectivity index (χ0) is 17.4. The molecule has 25 heavy (non-hydrogen) atoms. The Morgan fingerprint density at radius 1 is 1.24 bits per heavy atom. The second kappa shape index (κ2) is 7.78. The Bertz CT molecular complexity index is 510. The number of rotatable bonds is 4. The summed E-state index contributed by atoms with van der Waals surface area (Å²) in [4.78, 5) is 26.7. The molecule has 0 aromatic rings. The minimum Gasteiger partial charge on any atom is -0.378 e. The van der Waals surface area contributed by atoms with Gasteiger partial charge >= 0.3 is 0 Å². The maximum atomic E-state index is 12.7. The lowest BCUT2D eigenvalue weighted by molar-refractivity contribution is -0.225. The van der Waals surface area contributed by atoms with E-state index in [0.717, 1.165) is 19.4 Å². The topological polar surface area (TPSA) is 93.9 Å². The van der Waals surface area contributed by atoms with Crippen LogP contribution < -0.4 is 11.1 Å². The fraction of sp³-hybridized carbons (Fsp3) is 0.882. The van der Waals surface area contributed by atoms with Crippen molar-refractivity contribution >= 4 is 24.2 Å². The number of morpholine rings is 1. The molecule has 2 aliphatic heterocycles. The summed E-state index contributed by atoms with van der Waals surface area (Å²) in [5.74, 6) is -0.0401. The zero-order valence-electron chi connectivity index (χ0n) is 15.1. The van der Waals surface area contributed by atoms with E-state index in [9.17, 15) is 9.59 Å². The van der Waals surface area contributed by atoms with E-state index in [-0.39, 0.29) is 36.2 Å². The Kier molecular flexibility index (Phi) is 6.35. The van der Waals surface area contributed by atoms with Gasteiger partial charge in [0, 0.05) is 44.0 Å². The highest BCUT2D eigenvalue weighted by Gasteiger charge is 2.70. The van der Waals surface area contributed by atoms with Crippen LogP contribution in [0, 0.1) is 11.3 Å². The number of nitrogens with one attached hydrogen (secondary N) is 1. The maximum absolute atomic E-state index is 12.7. The molecule has 1 aliphatic carbocycles. The molecule has 3 unspecified atom stereocenters. The third kappa shape index (κ3) is 3.39. The number of carbonyl (C=O) groups excluding carboxylic acids is 2. The molecule has 2 heterocycles. The quantitative estimate of drug-likeness (QED) is 0.737. The fourth-order valence-corrected chi connectivity index (χ4v) is 4.44. The van der Waals surface area contributed by atoms with Gasteiger partial charge in [0.2, 0.25) is 11.8 Å². The lowest BCUT2D eigenvalue weighted by Gasteiger charge is -2.65. The molecule has 0 bridgehead atoms. The molecule has 3 rings (SSSR count). The largest absolute Gasteiger partial charge is 0.378 e. The summed E-state index contributed by atoms with van der Waals surface area (Å²) in [6.45, 7) is 7.49. The minimum atomic E-state index is -0.917. The Morgan fingerprint density at radius 2 is 1.92 bits per heavy atom. The van der Waals surface area contributed by atoms with Crippen LogP contribution in [0.5, 0.6) is 0 Å². The lowest BCUT2D eigenvalue weighted by Crippen LogP contribution is -2.82. The number of fused-ring (bicyclic) bond motifs is 1. The SMILES string of the molecule is CC1(C)C2OCCCC2C1(N)C(=O)NCCC(=O)N1CCOCC1.Cl. The zero-order valence-corrected chi connectivity index (χ0v) is 15.9. The van der Waals surface area contributed by atoms with Gasteiger partial charge in [-0.3, -0.25) is 9.59 Å². The molecule has 0 aromatic heterocycles. The van der Waals surface area contributed by atoms with Crippen molar-refractivity contribution in [1.29, 1.82) is 0 Å². The van der Waals surface area contributed by atoms with Crippen LogP contribution >= 0.6 is 12.4 Å². The highest BCUT2D eigenvalue weighted by atomic mass is 35.5. The van der Waals surface area contributed by atoms with E-state index in [0.29, 0.717) is 39.3 Å². The molecular weight excluding hydrogens is 346 g/mol. The summed E-state index contributed by atoms with van der Waals surface area (Å²) in [5.41, 5.74) is 5.23. The number of hydrogen-bond acceptors (Lipinski definition) is 5. The molecule has 0 spiro atoms. The first-order valence-corrected chi connectivity index (χ1v) is 8.93. The highest BCUT2D eigenvalue weighted by Crippen LogP contribution is 2.57. The monoisotopic (exact) mass is 375 g/mol. The molecule has 3 N–H and O–H groups in total. The Hall–Kier alpha value is -0.890. The summed E-state index contributed by atoms with van der Waals surface area (Å²) >= 11 is 0. The maximum Gasteiger partial charge on any atom is 0.241 e. The summed E-state index contributed by atoms with van der Waals surface area (Å²) < 4.78 is 11.1. The van der Waals surface area contributed by atoms with Gasteiger partial charge in [0.15, 0.2) is 0 Å². The van der Waals surface area contributed by atoms with E-state index in [4.69, 9.17) is 15.2 Å². The Balaban J connectivity index is 0.00000225. The summed E-state index contributed by atoms with van der Waals surface area (Å²) in [7, 11) is 0. The second-order valence-electron chi connectivity index (χ2n) is 7.63. The number of hydrogen-bond donors (Lipinski definition) is 2. The first-order valence-electron chi connectivity index (χ1n) is 8.93. The van der Waals surface area contributed by atoms with E-state index in [1.54, 1.807) is 4.90 Å². The number of halogens is 1. The van der Waals surface area contributed by atoms with Crippen molar-refractivity contribution in [3.63, 3.8) is 0 Å². The van der Waals surface area contributed by atoms with Gasteiger partial charge in [-0.1, -0.05) is 13.8 Å². The molecule has 2 saturated heterocycles. The summed E-state index contributed by atoms with van der Waals surface area (Å²) in [5, 5.41) is 2.89. The lowest BCUT2D eigenvalue weighted by atomic mass is 9.46. The average Bonchev–Trinajstić information content (AvgIpc) is 2.61. The van der Waals surface area contributed by atoms with Crippen molar-refractivity contribution in [3.05, 3.63) is 0 Å². The van der Waals surface area contributed by atoms with Crippen LogP contribution in [0.25, 0.3) is 0 Å². The fourth-order valence-electron chi connectivity index (χ4n) is 4.44. The molecule has 2 amide bonds. The van der Waals surface area contributed by atoms with Crippen LogP contribution in [-0.4, -0.2) is 67.8 Å². The normalized spacial score (nSPS) is 33.5. The summed E-state index contributed by atoms with van der Waals surface area (Å²) in [6.07, 6.45) is 2.22. The van der Waals surface area contributed by atoms with Gasteiger partial charge in [-0.2, -0.15) is 0 Å². The predicted octanol–water partition coefficient (Wildman–Crippen LogP) is 0.306. The Morgan fingerprint density at radius 3 is 2.60 bits per heavy atom. The molecule has 8 heteroatoms. The van der Waals surface area contributed by atoms with Crippen molar-refractivity contribution < 1.29 is 19.1 Å². The van der Waals surface area contributed by atoms with Crippen molar-refractivity contribution in [1.82, 2.24) is 10.2 Å². The Labute approximate surface area is 155 Å². The number of carbonyl (C=O) groups is 2. The van der Waals surface area contributed by atoms with E-state index < -0.39 is 11.0 Å².